The van der Waals surface area contributed by atoms with Crippen molar-refractivity contribution in [2.75, 3.05) is 38.3 Å². The molecule has 1 aliphatic heterocycles. The maximum atomic E-state index is 12.0. The van der Waals surface area contributed by atoms with Gasteiger partial charge in [0.25, 0.3) is 5.91 Å². The van der Waals surface area contributed by atoms with Crippen molar-refractivity contribution in [2.45, 2.75) is 0 Å². The third-order valence-electron chi connectivity index (χ3n) is 4.41. The number of amides is 1. The summed E-state index contributed by atoms with van der Waals surface area (Å²) in [6, 6.07) is 5.93. The van der Waals surface area contributed by atoms with Gasteiger partial charge in [0, 0.05) is 36.1 Å². The molecule has 8 nitrogen and oxygen atoms in total. The van der Waals surface area contributed by atoms with Gasteiger partial charge in [-0.1, -0.05) is 0 Å². The molecule has 9 heteroatoms. The second-order valence-electron chi connectivity index (χ2n) is 6.03. The summed E-state index contributed by atoms with van der Waals surface area (Å²) >= 11 is 1.39. The lowest BCUT2D eigenvalue weighted by Gasteiger charge is -2.29. The van der Waals surface area contributed by atoms with Crippen LogP contribution >= 0.6 is 11.3 Å². The summed E-state index contributed by atoms with van der Waals surface area (Å²) < 4.78 is 11.0. The van der Waals surface area contributed by atoms with E-state index in [0.717, 1.165) is 29.9 Å². The minimum Gasteiger partial charge on any atom is -0.496 e. The molecule has 1 amide bonds. The molecule has 1 saturated heterocycles. The van der Waals surface area contributed by atoms with Gasteiger partial charge in [0.05, 0.1) is 31.4 Å². The smallest absolute Gasteiger partial charge is 0.268 e. The van der Waals surface area contributed by atoms with E-state index in [4.69, 9.17) is 15.2 Å². The summed E-state index contributed by atoms with van der Waals surface area (Å²) in [5.74, 6) is 0.0896. The van der Waals surface area contributed by atoms with Crippen LogP contribution in [0.25, 0.3) is 21.0 Å². The van der Waals surface area contributed by atoms with Crippen molar-refractivity contribution in [3.8, 4) is 26.8 Å². The molecule has 3 N–H and O–H groups in total. The summed E-state index contributed by atoms with van der Waals surface area (Å²) in [5, 5.41) is 7.38. The van der Waals surface area contributed by atoms with Gasteiger partial charge in [-0.05, 0) is 18.2 Å². The average Bonchev–Trinajstić information content (AvgIpc) is 3.38. The number of hydrogen-bond acceptors (Lipinski definition) is 7. The van der Waals surface area contributed by atoms with Gasteiger partial charge in [-0.15, -0.1) is 11.3 Å². The lowest BCUT2D eigenvalue weighted by atomic mass is 10.1. The number of anilines is 1. The summed E-state index contributed by atoms with van der Waals surface area (Å²) in [5.41, 5.74) is 8.48. The molecule has 4 rings (SSSR count). The number of H-pyrrole nitrogens is 1. The minimum atomic E-state index is -0.574. The van der Waals surface area contributed by atoms with Crippen LogP contribution in [0.2, 0.25) is 0 Å². The molecule has 1 aromatic carbocycles. The van der Waals surface area contributed by atoms with Crippen molar-refractivity contribution in [3.05, 3.63) is 36.3 Å². The zero-order chi connectivity index (χ0) is 18.8. The second-order valence-corrected chi connectivity index (χ2v) is 7.03. The molecule has 1 fully saturated rings. The highest BCUT2D eigenvalue weighted by Crippen LogP contribution is 2.41. The van der Waals surface area contributed by atoms with Gasteiger partial charge >= 0.3 is 0 Å². The third kappa shape index (κ3) is 3.38. The Bertz CT molecular complexity index is 948. The number of benzene rings is 1. The van der Waals surface area contributed by atoms with Crippen LogP contribution in [0.5, 0.6) is 5.75 Å². The SMILES string of the molecule is COc1ccc(N2CCOCC2)cc1-c1sc(-c2cn[nH]c2)nc1C(N)=O. The quantitative estimate of drug-likeness (QED) is 0.697. The van der Waals surface area contributed by atoms with Crippen LogP contribution in [0, 0.1) is 0 Å². The molecule has 0 atom stereocenters. The normalized spacial score (nSPS) is 14.3. The maximum Gasteiger partial charge on any atom is 0.268 e. The number of nitrogens with zero attached hydrogens (tertiary/aromatic N) is 3. The molecule has 1 aliphatic rings. The van der Waals surface area contributed by atoms with E-state index in [-0.39, 0.29) is 5.69 Å². The minimum absolute atomic E-state index is 0.230. The van der Waals surface area contributed by atoms with Gasteiger partial charge < -0.3 is 20.1 Å². The van der Waals surface area contributed by atoms with E-state index in [9.17, 15) is 4.79 Å². The number of aromatic nitrogens is 3. The first-order valence-corrected chi connectivity index (χ1v) is 9.30. The molecule has 0 radical (unpaired) electrons. The Kier molecular flexibility index (Phi) is 4.78. The molecule has 0 unspecified atom stereocenters. The van der Waals surface area contributed by atoms with Crippen molar-refractivity contribution in [1.82, 2.24) is 15.2 Å². The Morgan fingerprint density at radius 2 is 2.19 bits per heavy atom. The van der Waals surface area contributed by atoms with Crippen molar-refractivity contribution in [3.63, 3.8) is 0 Å². The standard InChI is InChI=1S/C18H19N5O3S/c1-25-14-3-2-12(23-4-6-26-7-5-23)8-13(14)16-15(17(19)24)22-18(27-16)11-9-20-21-10-11/h2-3,8-10H,4-7H2,1H3,(H2,19,24)(H,20,21). The number of primary amides is 1. The lowest BCUT2D eigenvalue weighted by molar-refractivity contribution is 0.0997. The number of morpholine rings is 1. The molecular weight excluding hydrogens is 366 g/mol. The van der Waals surface area contributed by atoms with Gasteiger partial charge in [-0.25, -0.2) is 4.98 Å². The highest BCUT2D eigenvalue weighted by molar-refractivity contribution is 7.18. The molecule has 0 saturated carbocycles. The van der Waals surface area contributed by atoms with Crippen LogP contribution in [0.3, 0.4) is 0 Å². The van der Waals surface area contributed by atoms with Crippen LogP contribution in [0.1, 0.15) is 10.5 Å². The van der Waals surface area contributed by atoms with Gasteiger partial charge in [-0.3, -0.25) is 9.89 Å². The number of methoxy groups -OCH3 is 1. The fourth-order valence-electron chi connectivity index (χ4n) is 3.05. The topological polar surface area (TPSA) is 106 Å². The highest BCUT2D eigenvalue weighted by Gasteiger charge is 2.23. The Morgan fingerprint density at radius 1 is 1.37 bits per heavy atom. The molecule has 3 heterocycles. The maximum absolute atomic E-state index is 12.0. The fourth-order valence-corrected chi connectivity index (χ4v) is 4.12. The summed E-state index contributed by atoms with van der Waals surface area (Å²) in [6.07, 6.45) is 3.39. The Labute approximate surface area is 159 Å². The molecule has 140 valence electrons. The summed E-state index contributed by atoms with van der Waals surface area (Å²) in [4.78, 5) is 19.4. The first-order valence-electron chi connectivity index (χ1n) is 8.48. The number of aromatic amines is 1. The first kappa shape index (κ1) is 17.5. The molecule has 2 aromatic heterocycles. The highest BCUT2D eigenvalue weighted by atomic mass is 32.1. The van der Waals surface area contributed by atoms with E-state index in [1.54, 1.807) is 19.5 Å². The van der Waals surface area contributed by atoms with E-state index in [2.05, 4.69) is 20.1 Å². The number of ether oxygens (including phenoxy) is 2. The van der Waals surface area contributed by atoms with Crippen LogP contribution < -0.4 is 15.4 Å². The van der Waals surface area contributed by atoms with Gasteiger partial charge in [0.15, 0.2) is 0 Å². The summed E-state index contributed by atoms with van der Waals surface area (Å²) in [7, 11) is 1.61. The zero-order valence-electron chi connectivity index (χ0n) is 14.8. The van der Waals surface area contributed by atoms with E-state index < -0.39 is 5.91 Å². The number of hydrogen-bond donors (Lipinski definition) is 2. The second kappa shape index (κ2) is 7.37. The molecular formula is C18H19N5O3S. The van der Waals surface area contributed by atoms with Gasteiger partial charge in [0.2, 0.25) is 0 Å². The van der Waals surface area contributed by atoms with Crippen molar-refractivity contribution < 1.29 is 14.3 Å². The van der Waals surface area contributed by atoms with E-state index in [0.29, 0.717) is 28.8 Å². The average molecular weight is 385 g/mol. The van der Waals surface area contributed by atoms with Gasteiger partial charge in [-0.2, -0.15) is 5.10 Å². The number of carbonyl (C=O) groups excluding carboxylic acids is 1. The van der Waals surface area contributed by atoms with Gasteiger partial charge in [0.1, 0.15) is 16.5 Å². The molecule has 0 aliphatic carbocycles. The first-order chi connectivity index (χ1) is 13.2. The van der Waals surface area contributed by atoms with Crippen molar-refractivity contribution in [1.29, 1.82) is 0 Å². The number of rotatable bonds is 5. The number of nitrogens with two attached hydrogens (primary N) is 1. The van der Waals surface area contributed by atoms with E-state index >= 15 is 0 Å². The Morgan fingerprint density at radius 3 is 2.85 bits per heavy atom. The van der Waals surface area contributed by atoms with E-state index in [1.165, 1.54) is 11.3 Å². The number of carbonyl (C=O) groups is 1. The van der Waals surface area contributed by atoms with Crippen LogP contribution in [-0.2, 0) is 4.74 Å². The molecule has 3 aromatic rings. The van der Waals surface area contributed by atoms with Crippen LogP contribution in [0.15, 0.2) is 30.6 Å². The van der Waals surface area contributed by atoms with Crippen molar-refractivity contribution >= 4 is 22.9 Å². The molecule has 0 spiro atoms. The predicted molar refractivity (Wildman–Crippen MR) is 103 cm³/mol. The summed E-state index contributed by atoms with van der Waals surface area (Å²) in [6.45, 7) is 3.02. The van der Waals surface area contributed by atoms with E-state index in [1.807, 2.05) is 18.2 Å². The van der Waals surface area contributed by atoms with Crippen molar-refractivity contribution in [2.24, 2.45) is 5.73 Å². The zero-order valence-corrected chi connectivity index (χ0v) is 15.6. The Balaban J connectivity index is 1.82. The monoisotopic (exact) mass is 385 g/mol. The largest absolute Gasteiger partial charge is 0.496 e. The third-order valence-corrected chi connectivity index (χ3v) is 5.55. The predicted octanol–water partition coefficient (Wildman–Crippen LogP) is 2.14. The fraction of sp³-hybridized carbons (Fsp3) is 0.278. The van der Waals surface area contributed by atoms with Crippen LogP contribution in [-0.4, -0.2) is 54.5 Å². The number of thiazole rings is 1. The lowest BCUT2D eigenvalue weighted by Crippen LogP contribution is -2.36. The van der Waals surface area contributed by atoms with Crippen LogP contribution in [0.4, 0.5) is 5.69 Å². The molecule has 27 heavy (non-hydrogen) atoms. The number of nitrogens with one attached hydrogen (secondary N) is 1. The molecule has 0 bridgehead atoms. The Hall–Kier alpha value is -2.91.